The Bertz CT molecular complexity index is 404. The van der Waals surface area contributed by atoms with E-state index in [1.54, 1.807) is 11.1 Å². The number of likely N-dealkylation sites (tertiary alicyclic amines) is 1. The molecule has 1 fully saturated rings. The molecule has 1 aliphatic heterocycles. The molecule has 1 saturated heterocycles. The van der Waals surface area contributed by atoms with Gasteiger partial charge in [0.2, 0.25) is 0 Å². The van der Waals surface area contributed by atoms with Crippen molar-refractivity contribution in [2.24, 2.45) is 5.92 Å². The van der Waals surface area contributed by atoms with Crippen molar-refractivity contribution >= 4 is 12.4 Å². The zero-order chi connectivity index (χ0) is 12.4. The Morgan fingerprint density at radius 3 is 2.89 bits per heavy atom. The van der Waals surface area contributed by atoms with Crippen LogP contribution in [0, 0.1) is 5.92 Å². The highest BCUT2D eigenvalue weighted by molar-refractivity contribution is 5.85. The summed E-state index contributed by atoms with van der Waals surface area (Å²) in [5.41, 5.74) is 3.30. The summed E-state index contributed by atoms with van der Waals surface area (Å²) in [5.74, 6) is 1.78. The summed E-state index contributed by atoms with van der Waals surface area (Å²) in [5, 5.41) is 0. The van der Waals surface area contributed by atoms with E-state index in [1.165, 1.54) is 51.7 Å². The van der Waals surface area contributed by atoms with Crippen molar-refractivity contribution < 1.29 is 0 Å². The smallest absolute Gasteiger partial charge is 0.00156 e. The molecule has 0 aromatic heterocycles. The second-order valence-electron chi connectivity index (χ2n) is 6.05. The van der Waals surface area contributed by atoms with E-state index in [4.69, 9.17) is 0 Å². The van der Waals surface area contributed by atoms with Crippen LogP contribution in [-0.4, -0.2) is 24.5 Å². The van der Waals surface area contributed by atoms with Gasteiger partial charge in [-0.15, -0.1) is 12.4 Å². The molecule has 1 nitrogen and oxygen atoms in total. The van der Waals surface area contributed by atoms with Crippen LogP contribution in [0.15, 0.2) is 24.3 Å². The fraction of sp³-hybridized carbons (Fsp3) is 0.647. The van der Waals surface area contributed by atoms with Gasteiger partial charge in [0.1, 0.15) is 0 Å². The van der Waals surface area contributed by atoms with E-state index in [-0.39, 0.29) is 12.4 Å². The highest BCUT2D eigenvalue weighted by atomic mass is 35.5. The molecule has 2 heteroatoms. The summed E-state index contributed by atoms with van der Waals surface area (Å²) < 4.78 is 0. The van der Waals surface area contributed by atoms with Gasteiger partial charge in [-0.3, -0.25) is 0 Å². The van der Waals surface area contributed by atoms with Gasteiger partial charge in [-0.05, 0) is 61.7 Å². The molecule has 2 aliphatic rings. The minimum atomic E-state index is 0. The van der Waals surface area contributed by atoms with Crippen LogP contribution in [0.25, 0.3) is 0 Å². The van der Waals surface area contributed by atoms with Gasteiger partial charge in [-0.1, -0.05) is 37.6 Å². The summed E-state index contributed by atoms with van der Waals surface area (Å²) in [4.78, 5) is 2.71. The van der Waals surface area contributed by atoms with Crippen LogP contribution >= 0.6 is 12.4 Å². The number of nitrogens with zero attached hydrogens (tertiary/aromatic N) is 1. The maximum Gasteiger partial charge on any atom is 0.00156 e. The summed E-state index contributed by atoms with van der Waals surface area (Å²) in [6.07, 6.45) is 6.79. The fourth-order valence-corrected chi connectivity index (χ4v) is 3.86. The molecular formula is C17H26ClN. The van der Waals surface area contributed by atoms with E-state index >= 15 is 0 Å². The maximum atomic E-state index is 2.71. The van der Waals surface area contributed by atoms with E-state index in [9.17, 15) is 0 Å². The van der Waals surface area contributed by atoms with Gasteiger partial charge in [0.05, 0.1) is 0 Å². The molecule has 0 amide bonds. The van der Waals surface area contributed by atoms with Crippen LogP contribution in [0.4, 0.5) is 0 Å². The van der Waals surface area contributed by atoms with E-state index in [0.717, 1.165) is 11.8 Å². The lowest BCUT2D eigenvalue weighted by molar-refractivity contribution is 0.139. The van der Waals surface area contributed by atoms with Gasteiger partial charge in [-0.2, -0.15) is 0 Å². The van der Waals surface area contributed by atoms with Crippen molar-refractivity contribution in [1.82, 2.24) is 4.90 Å². The third-order valence-electron chi connectivity index (χ3n) is 4.89. The van der Waals surface area contributed by atoms with Crippen LogP contribution in [-0.2, 0) is 6.42 Å². The Kier molecular flexibility index (Phi) is 5.29. The standard InChI is InChI=1S/C17H25N.ClH/c1-2-3-11-18-12-10-17-15(13-18)9-8-14-6-4-5-7-16(14)17;/h4-7,15,17H,2-3,8-13H2,1H3;1H. The van der Waals surface area contributed by atoms with Crippen LogP contribution in [0.3, 0.4) is 0 Å². The molecule has 19 heavy (non-hydrogen) atoms. The first-order valence-electron chi connectivity index (χ1n) is 7.68. The maximum absolute atomic E-state index is 2.71. The van der Waals surface area contributed by atoms with Crippen molar-refractivity contribution in [2.75, 3.05) is 19.6 Å². The largest absolute Gasteiger partial charge is 0.303 e. The van der Waals surface area contributed by atoms with Crippen molar-refractivity contribution in [3.05, 3.63) is 35.4 Å². The first kappa shape index (κ1) is 14.9. The molecule has 0 N–H and O–H groups in total. The summed E-state index contributed by atoms with van der Waals surface area (Å²) in [6.45, 7) is 6.28. The Hall–Kier alpha value is -0.530. The molecule has 106 valence electrons. The Morgan fingerprint density at radius 1 is 1.21 bits per heavy atom. The number of halogens is 1. The van der Waals surface area contributed by atoms with Crippen LogP contribution in [0.5, 0.6) is 0 Å². The topological polar surface area (TPSA) is 3.24 Å². The number of hydrogen-bond acceptors (Lipinski definition) is 1. The monoisotopic (exact) mass is 279 g/mol. The minimum absolute atomic E-state index is 0. The molecule has 2 unspecified atom stereocenters. The average molecular weight is 280 g/mol. The Balaban J connectivity index is 0.00000133. The molecule has 0 spiro atoms. The summed E-state index contributed by atoms with van der Waals surface area (Å²) >= 11 is 0. The molecule has 1 heterocycles. The number of unbranched alkanes of at least 4 members (excludes halogenated alkanes) is 1. The summed E-state index contributed by atoms with van der Waals surface area (Å²) in [6, 6.07) is 9.16. The second-order valence-corrected chi connectivity index (χ2v) is 6.05. The number of benzene rings is 1. The zero-order valence-electron chi connectivity index (χ0n) is 12.0. The third kappa shape index (κ3) is 3.14. The number of rotatable bonds is 3. The SMILES string of the molecule is CCCCN1CCC2c3ccccc3CCC2C1.Cl. The molecule has 2 atom stereocenters. The van der Waals surface area contributed by atoms with Crippen LogP contribution in [0.1, 0.15) is 49.7 Å². The molecule has 0 bridgehead atoms. The molecule has 1 aromatic carbocycles. The van der Waals surface area contributed by atoms with Gasteiger partial charge in [0.25, 0.3) is 0 Å². The van der Waals surface area contributed by atoms with E-state index in [0.29, 0.717) is 0 Å². The van der Waals surface area contributed by atoms with Crippen molar-refractivity contribution in [3.8, 4) is 0 Å². The number of piperidine rings is 1. The minimum Gasteiger partial charge on any atom is -0.303 e. The van der Waals surface area contributed by atoms with Gasteiger partial charge in [0.15, 0.2) is 0 Å². The molecule has 0 radical (unpaired) electrons. The molecule has 3 rings (SSSR count). The predicted molar refractivity (Wildman–Crippen MR) is 84.2 cm³/mol. The van der Waals surface area contributed by atoms with Gasteiger partial charge in [0, 0.05) is 6.54 Å². The normalized spacial score (nSPS) is 26.2. The average Bonchev–Trinajstić information content (AvgIpc) is 2.44. The van der Waals surface area contributed by atoms with Crippen molar-refractivity contribution in [2.45, 2.75) is 44.9 Å². The van der Waals surface area contributed by atoms with E-state index < -0.39 is 0 Å². The Morgan fingerprint density at radius 2 is 2.05 bits per heavy atom. The molecular weight excluding hydrogens is 254 g/mol. The highest BCUT2D eigenvalue weighted by Crippen LogP contribution is 2.41. The van der Waals surface area contributed by atoms with E-state index in [2.05, 4.69) is 36.1 Å². The quantitative estimate of drug-likeness (QED) is 0.799. The molecule has 0 saturated carbocycles. The zero-order valence-corrected chi connectivity index (χ0v) is 12.8. The Labute approximate surface area is 123 Å². The predicted octanol–water partition coefficient (Wildman–Crippen LogP) is 4.26. The van der Waals surface area contributed by atoms with Crippen molar-refractivity contribution in [3.63, 3.8) is 0 Å². The van der Waals surface area contributed by atoms with Gasteiger partial charge < -0.3 is 4.90 Å². The first-order chi connectivity index (χ1) is 8.88. The fourth-order valence-electron chi connectivity index (χ4n) is 3.86. The van der Waals surface area contributed by atoms with E-state index in [1.807, 2.05) is 0 Å². The van der Waals surface area contributed by atoms with Crippen LogP contribution < -0.4 is 0 Å². The second kappa shape index (κ2) is 6.76. The lowest BCUT2D eigenvalue weighted by Crippen LogP contribution is -2.41. The molecule has 1 aromatic rings. The number of aryl methyl sites for hydroxylation is 1. The number of hydrogen-bond donors (Lipinski definition) is 0. The van der Waals surface area contributed by atoms with Gasteiger partial charge in [-0.25, -0.2) is 0 Å². The van der Waals surface area contributed by atoms with Crippen LogP contribution in [0.2, 0.25) is 0 Å². The highest BCUT2D eigenvalue weighted by Gasteiger charge is 2.33. The lowest BCUT2D eigenvalue weighted by atomic mass is 9.71. The first-order valence-corrected chi connectivity index (χ1v) is 7.68. The molecule has 1 aliphatic carbocycles. The third-order valence-corrected chi connectivity index (χ3v) is 4.89. The van der Waals surface area contributed by atoms with Crippen molar-refractivity contribution in [1.29, 1.82) is 0 Å². The number of fused-ring (bicyclic) bond motifs is 3. The summed E-state index contributed by atoms with van der Waals surface area (Å²) in [7, 11) is 0. The van der Waals surface area contributed by atoms with Gasteiger partial charge >= 0.3 is 0 Å². The lowest BCUT2D eigenvalue weighted by Gasteiger charge is -2.42.